The van der Waals surface area contributed by atoms with E-state index in [-0.39, 0.29) is 23.9 Å². The van der Waals surface area contributed by atoms with Crippen LogP contribution in [0.3, 0.4) is 0 Å². The molecule has 2 saturated heterocycles. The molecule has 0 spiro atoms. The monoisotopic (exact) mass is 370 g/mol. The van der Waals surface area contributed by atoms with Crippen molar-refractivity contribution in [3.8, 4) is 0 Å². The second-order valence-electron chi connectivity index (χ2n) is 7.05. The van der Waals surface area contributed by atoms with Crippen LogP contribution in [-0.2, 0) is 22.3 Å². The highest BCUT2D eigenvalue weighted by Crippen LogP contribution is 2.32. The molecule has 0 radical (unpaired) electrons. The molecule has 26 heavy (non-hydrogen) atoms. The summed E-state index contributed by atoms with van der Waals surface area (Å²) >= 11 is 0. The van der Waals surface area contributed by atoms with Gasteiger partial charge in [0, 0.05) is 32.3 Å². The molecule has 2 heterocycles. The van der Waals surface area contributed by atoms with Crippen molar-refractivity contribution < 1.29 is 22.7 Å². The van der Waals surface area contributed by atoms with E-state index in [1.165, 1.54) is 12.1 Å². The van der Waals surface area contributed by atoms with Gasteiger partial charge in [-0.15, -0.1) is 0 Å². The predicted octanol–water partition coefficient (Wildman–Crippen LogP) is 3.21. The topological polar surface area (TPSA) is 41.6 Å². The average Bonchev–Trinajstić information content (AvgIpc) is 2.66. The molecular formula is C19H25F3N2O2. The third-order valence-corrected chi connectivity index (χ3v) is 5.31. The first-order valence-corrected chi connectivity index (χ1v) is 9.20. The molecule has 2 fully saturated rings. The fourth-order valence-electron chi connectivity index (χ4n) is 3.88. The summed E-state index contributed by atoms with van der Waals surface area (Å²) in [5.74, 6) is -0.316. The third kappa shape index (κ3) is 4.76. The lowest BCUT2D eigenvalue weighted by Crippen LogP contribution is -2.48. The maximum Gasteiger partial charge on any atom is 0.416 e. The first-order valence-electron chi connectivity index (χ1n) is 9.20. The van der Waals surface area contributed by atoms with Crippen molar-refractivity contribution in [1.82, 2.24) is 10.2 Å². The molecular weight excluding hydrogens is 345 g/mol. The summed E-state index contributed by atoms with van der Waals surface area (Å²) in [5, 5.41) is 2.71. The van der Waals surface area contributed by atoms with Gasteiger partial charge in [-0.05, 0) is 43.9 Å². The van der Waals surface area contributed by atoms with Crippen molar-refractivity contribution in [1.29, 1.82) is 0 Å². The number of likely N-dealkylation sites (tertiary alicyclic amines) is 1. The van der Waals surface area contributed by atoms with Crippen LogP contribution in [0.5, 0.6) is 0 Å². The molecule has 1 N–H and O–H groups in total. The van der Waals surface area contributed by atoms with Crippen LogP contribution < -0.4 is 5.32 Å². The average molecular weight is 370 g/mol. The van der Waals surface area contributed by atoms with Gasteiger partial charge in [0.25, 0.3) is 0 Å². The number of rotatable bonds is 4. The molecule has 1 aromatic carbocycles. The maximum absolute atomic E-state index is 13.1. The Balaban J connectivity index is 1.57. The molecule has 0 aliphatic carbocycles. The van der Waals surface area contributed by atoms with E-state index in [0.717, 1.165) is 51.5 Å². The van der Waals surface area contributed by atoms with Gasteiger partial charge in [-0.1, -0.05) is 18.2 Å². The molecule has 0 saturated carbocycles. The summed E-state index contributed by atoms with van der Waals surface area (Å²) in [6.45, 7) is 3.07. The molecule has 1 atom stereocenters. The lowest BCUT2D eigenvalue weighted by molar-refractivity contribution is -0.138. The summed E-state index contributed by atoms with van der Waals surface area (Å²) < 4.78 is 44.6. The van der Waals surface area contributed by atoms with Crippen molar-refractivity contribution in [2.45, 2.75) is 44.4 Å². The normalized spacial score (nSPS) is 23.0. The number of hydrogen-bond donors (Lipinski definition) is 1. The lowest BCUT2D eigenvalue weighted by Gasteiger charge is -2.39. The van der Waals surface area contributed by atoms with Gasteiger partial charge in [-0.3, -0.25) is 9.69 Å². The number of carbonyl (C=O) groups excluding carboxylic acids is 1. The maximum atomic E-state index is 13.1. The van der Waals surface area contributed by atoms with Gasteiger partial charge in [0.2, 0.25) is 5.91 Å². The van der Waals surface area contributed by atoms with Gasteiger partial charge < -0.3 is 10.1 Å². The minimum absolute atomic E-state index is 0.0950. The van der Waals surface area contributed by atoms with Crippen molar-refractivity contribution in [3.63, 3.8) is 0 Å². The largest absolute Gasteiger partial charge is 0.416 e. The lowest BCUT2D eigenvalue weighted by atomic mass is 9.94. The number of piperidine rings is 1. The number of hydrogen-bond acceptors (Lipinski definition) is 3. The van der Waals surface area contributed by atoms with Crippen molar-refractivity contribution in [2.24, 2.45) is 5.92 Å². The zero-order chi connectivity index (χ0) is 18.6. The van der Waals surface area contributed by atoms with Crippen LogP contribution in [0.4, 0.5) is 13.2 Å². The summed E-state index contributed by atoms with van der Waals surface area (Å²) in [6.07, 6.45) is -0.729. The van der Waals surface area contributed by atoms with E-state index in [1.807, 2.05) is 0 Å². The highest BCUT2D eigenvalue weighted by molar-refractivity contribution is 5.79. The fraction of sp³-hybridized carbons (Fsp3) is 0.632. The van der Waals surface area contributed by atoms with Crippen LogP contribution in [0.1, 0.15) is 36.8 Å². The molecule has 7 heteroatoms. The molecule has 1 aromatic rings. The second kappa shape index (κ2) is 8.39. The molecule has 2 aliphatic heterocycles. The van der Waals surface area contributed by atoms with Crippen LogP contribution in [0, 0.1) is 5.92 Å². The van der Waals surface area contributed by atoms with E-state index in [1.54, 1.807) is 6.07 Å². The third-order valence-electron chi connectivity index (χ3n) is 5.31. The van der Waals surface area contributed by atoms with E-state index in [0.29, 0.717) is 12.6 Å². The van der Waals surface area contributed by atoms with Gasteiger partial charge in [0.15, 0.2) is 0 Å². The SMILES string of the molecule is O=C(NCc1ccccc1C(F)(F)F)C1CCCN(C2CCOCC2)C1. The molecule has 4 nitrogen and oxygen atoms in total. The highest BCUT2D eigenvalue weighted by atomic mass is 19.4. The molecule has 0 bridgehead atoms. The number of halogens is 3. The highest BCUT2D eigenvalue weighted by Gasteiger charge is 2.34. The van der Waals surface area contributed by atoms with Crippen LogP contribution in [0.25, 0.3) is 0 Å². The summed E-state index contributed by atoms with van der Waals surface area (Å²) in [5.41, 5.74) is -0.585. The summed E-state index contributed by atoms with van der Waals surface area (Å²) in [4.78, 5) is 14.9. The number of amides is 1. The van der Waals surface area contributed by atoms with E-state index in [9.17, 15) is 18.0 Å². The van der Waals surface area contributed by atoms with E-state index < -0.39 is 11.7 Å². The van der Waals surface area contributed by atoms with Crippen LogP contribution in [-0.4, -0.2) is 43.2 Å². The summed E-state index contributed by atoms with van der Waals surface area (Å²) in [6, 6.07) is 5.84. The standard InChI is InChI=1S/C19H25F3N2O2/c20-19(21,22)17-6-2-1-4-14(17)12-23-18(25)15-5-3-9-24(13-15)16-7-10-26-11-8-16/h1-2,4,6,15-16H,3,5,7-13H2,(H,23,25). The van der Waals surface area contributed by atoms with Crippen molar-refractivity contribution in [3.05, 3.63) is 35.4 Å². The Bertz CT molecular complexity index is 615. The van der Waals surface area contributed by atoms with Crippen LogP contribution in [0.15, 0.2) is 24.3 Å². The number of nitrogens with zero attached hydrogens (tertiary/aromatic N) is 1. The zero-order valence-electron chi connectivity index (χ0n) is 14.7. The Morgan fingerprint density at radius 2 is 1.92 bits per heavy atom. The number of carbonyl (C=O) groups is 1. The van der Waals surface area contributed by atoms with Gasteiger partial charge in [0.05, 0.1) is 11.5 Å². The quantitative estimate of drug-likeness (QED) is 0.885. The molecule has 0 aromatic heterocycles. The molecule has 1 amide bonds. The van der Waals surface area contributed by atoms with Crippen molar-refractivity contribution >= 4 is 5.91 Å². The smallest absolute Gasteiger partial charge is 0.381 e. The van der Waals surface area contributed by atoms with E-state index in [2.05, 4.69) is 10.2 Å². The Hall–Kier alpha value is -1.60. The van der Waals surface area contributed by atoms with Crippen molar-refractivity contribution in [2.75, 3.05) is 26.3 Å². The van der Waals surface area contributed by atoms with E-state index >= 15 is 0 Å². The second-order valence-corrected chi connectivity index (χ2v) is 7.05. The first kappa shape index (κ1) is 19.2. The Labute approximate surface area is 151 Å². The minimum atomic E-state index is -4.41. The van der Waals surface area contributed by atoms with Gasteiger partial charge in [0.1, 0.15) is 0 Å². The molecule has 144 valence electrons. The first-order chi connectivity index (χ1) is 12.4. The zero-order valence-corrected chi connectivity index (χ0v) is 14.7. The van der Waals surface area contributed by atoms with Gasteiger partial charge in [-0.2, -0.15) is 13.2 Å². The fourth-order valence-corrected chi connectivity index (χ4v) is 3.88. The van der Waals surface area contributed by atoms with Crippen LogP contribution >= 0.6 is 0 Å². The molecule has 3 rings (SSSR count). The predicted molar refractivity (Wildman–Crippen MR) is 91.4 cm³/mol. The van der Waals surface area contributed by atoms with Gasteiger partial charge >= 0.3 is 6.18 Å². The Morgan fingerprint density at radius 3 is 2.65 bits per heavy atom. The Kier molecular flexibility index (Phi) is 6.19. The number of alkyl halides is 3. The minimum Gasteiger partial charge on any atom is -0.381 e. The molecule has 1 unspecified atom stereocenters. The Morgan fingerprint density at radius 1 is 1.19 bits per heavy atom. The molecule has 2 aliphatic rings. The number of nitrogens with one attached hydrogen (secondary N) is 1. The number of benzene rings is 1. The van der Waals surface area contributed by atoms with Gasteiger partial charge in [-0.25, -0.2) is 0 Å². The van der Waals surface area contributed by atoms with E-state index in [4.69, 9.17) is 4.74 Å². The summed E-state index contributed by atoms with van der Waals surface area (Å²) in [7, 11) is 0. The van der Waals surface area contributed by atoms with Crippen LogP contribution in [0.2, 0.25) is 0 Å². The number of ether oxygens (including phenoxy) is 1.